The lowest BCUT2D eigenvalue weighted by Crippen LogP contribution is -2.30. The Morgan fingerprint density at radius 3 is 2.25 bits per heavy atom. The van der Waals surface area contributed by atoms with E-state index in [1.807, 2.05) is 56.3 Å². The topological polar surface area (TPSA) is 73.2 Å². The van der Waals surface area contributed by atoms with Crippen LogP contribution < -0.4 is 10.9 Å². The molecule has 3 aromatic carbocycles. The van der Waals surface area contributed by atoms with Crippen LogP contribution in [0.4, 0.5) is 0 Å². The number of aromatic nitrogens is 2. The third-order valence-corrected chi connectivity index (χ3v) is 5.15. The van der Waals surface area contributed by atoms with Crippen molar-refractivity contribution in [1.82, 2.24) is 15.1 Å². The second-order valence-electron chi connectivity index (χ2n) is 7.76. The third-order valence-electron chi connectivity index (χ3n) is 5.15. The van der Waals surface area contributed by atoms with Gasteiger partial charge in [-0.1, -0.05) is 60.7 Å². The normalized spacial score (nSPS) is 11.1. The molecule has 162 valence electrons. The second-order valence-corrected chi connectivity index (χ2v) is 7.76. The van der Waals surface area contributed by atoms with Crippen molar-refractivity contribution in [2.45, 2.75) is 33.1 Å². The van der Waals surface area contributed by atoms with Crippen LogP contribution in [0.5, 0.6) is 0 Å². The summed E-state index contributed by atoms with van der Waals surface area (Å²) in [7, 11) is 0. The molecule has 0 unspecified atom stereocenters. The van der Waals surface area contributed by atoms with Gasteiger partial charge in [0.25, 0.3) is 11.5 Å². The Morgan fingerprint density at radius 1 is 0.906 bits per heavy atom. The molecule has 0 saturated carbocycles. The molecule has 0 saturated heterocycles. The summed E-state index contributed by atoms with van der Waals surface area (Å²) >= 11 is 0. The number of rotatable bonds is 7. The highest BCUT2D eigenvalue weighted by atomic mass is 16.5. The lowest BCUT2D eigenvalue weighted by atomic mass is 10.1. The van der Waals surface area contributed by atoms with E-state index >= 15 is 0 Å². The number of hydrogen-bond donors (Lipinski definition) is 1. The van der Waals surface area contributed by atoms with E-state index in [9.17, 15) is 9.59 Å². The number of carbonyl (C=O) groups excluding carboxylic acids is 1. The van der Waals surface area contributed by atoms with E-state index in [0.717, 1.165) is 11.1 Å². The van der Waals surface area contributed by atoms with Gasteiger partial charge in [0.2, 0.25) is 0 Å². The molecular weight excluding hydrogens is 402 g/mol. The van der Waals surface area contributed by atoms with Gasteiger partial charge in [-0.05, 0) is 43.2 Å². The number of carbonyl (C=O) groups is 1. The van der Waals surface area contributed by atoms with Gasteiger partial charge in [0.1, 0.15) is 0 Å². The number of hydrogen-bond acceptors (Lipinski definition) is 4. The minimum Gasteiger partial charge on any atom is -0.374 e. The summed E-state index contributed by atoms with van der Waals surface area (Å²) in [6, 6.07) is 24.0. The Balaban J connectivity index is 1.66. The van der Waals surface area contributed by atoms with Crippen LogP contribution in [-0.2, 0) is 17.9 Å². The number of nitrogens with one attached hydrogen (secondary N) is 1. The smallest absolute Gasteiger partial charge is 0.279 e. The molecule has 6 nitrogen and oxygen atoms in total. The molecule has 1 aromatic heterocycles. The summed E-state index contributed by atoms with van der Waals surface area (Å²) < 4.78 is 7.01. The highest BCUT2D eigenvalue weighted by molar-refractivity contribution is 6.04. The van der Waals surface area contributed by atoms with Crippen molar-refractivity contribution >= 4 is 16.7 Å². The van der Waals surface area contributed by atoms with E-state index < -0.39 is 0 Å². The molecule has 1 heterocycles. The van der Waals surface area contributed by atoms with Crippen molar-refractivity contribution in [3.8, 4) is 5.69 Å². The fourth-order valence-electron chi connectivity index (χ4n) is 3.49. The maximum atomic E-state index is 13.2. The lowest BCUT2D eigenvalue weighted by Gasteiger charge is -2.14. The minimum absolute atomic E-state index is 0.118. The number of fused-ring (bicyclic) bond motifs is 1. The molecule has 0 bridgehead atoms. The van der Waals surface area contributed by atoms with Gasteiger partial charge in [0, 0.05) is 11.9 Å². The molecule has 0 fully saturated rings. The maximum absolute atomic E-state index is 13.2. The third kappa shape index (κ3) is 4.60. The first-order valence-electron chi connectivity index (χ1n) is 10.6. The van der Waals surface area contributed by atoms with Gasteiger partial charge in [0.15, 0.2) is 5.69 Å². The van der Waals surface area contributed by atoms with Gasteiger partial charge < -0.3 is 10.1 Å². The van der Waals surface area contributed by atoms with Crippen LogP contribution in [0.3, 0.4) is 0 Å². The molecule has 0 radical (unpaired) electrons. The Kier molecular flexibility index (Phi) is 6.42. The predicted molar refractivity (Wildman–Crippen MR) is 125 cm³/mol. The molecule has 0 spiro atoms. The number of nitrogens with zero attached hydrogens (tertiary/aromatic N) is 2. The van der Waals surface area contributed by atoms with Gasteiger partial charge in [-0.3, -0.25) is 9.59 Å². The van der Waals surface area contributed by atoms with Crippen molar-refractivity contribution in [1.29, 1.82) is 0 Å². The summed E-state index contributed by atoms with van der Waals surface area (Å²) in [6.07, 6.45) is 0.118. The average molecular weight is 428 g/mol. The first-order valence-corrected chi connectivity index (χ1v) is 10.6. The van der Waals surface area contributed by atoms with Crippen molar-refractivity contribution in [3.63, 3.8) is 0 Å². The summed E-state index contributed by atoms with van der Waals surface area (Å²) in [5, 5.41) is 8.37. The zero-order valence-electron chi connectivity index (χ0n) is 18.1. The summed E-state index contributed by atoms with van der Waals surface area (Å²) in [5.41, 5.74) is 2.55. The molecule has 1 N–H and O–H groups in total. The van der Waals surface area contributed by atoms with Crippen LogP contribution in [0.25, 0.3) is 16.5 Å². The van der Waals surface area contributed by atoms with Gasteiger partial charge in [-0.2, -0.15) is 9.78 Å². The van der Waals surface area contributed by atoms with Crippen LogP contribution in [0, 0.1) is 0 Å². The van der Waals surface area contributed by atoms with Crippen LogP contribution >= 0.6 is 0 Å². The Hall–Kier alpha value is -3.77. The maximum Gasteiger partial charge on any atom is 0.279 e. The van der Waals surface area contributed by atoms with Gasteiger partial charge in [-0.25, -0.2) is 0 Å². The number of amides is 1. The Morgan fingerprint density at radius 2 is 1.53 bits per heavy atom. The highest BCUT2D eigenvalue weighted by Crippen LogP contribution is 2.16. The Bertz CT molecular complexity index is 1300. The zero-order valence-corrected chi connectivity index (χ0v) is 18.1. The molecule has 0 aliphatic heterocycles. The second kappa shape index (κ2) is 9.58. The standard InChI is InChI=1S/C26H25N3O3/c1-18(2)32-17-20-11-7-6-10-19(20)16-27-25(30)24-22-14-8-9-15-23(22)26(31)29(28-24)21-12-4-3-5-13-21/h3-15,18H,16-17H2,1-2H3,(H,27,30). The molecular formula is C26H25N3O3. The molecule has 0 aliphatic carbocycles. The van der Waals surface area contributed by atoms with E-state index in [2.05, 4.69) is 10.4 Å². The number of benzene rings is 3. The van der Waals surface area contributed by atoms with Crippen LogP contribution in [0.15, 0.2) is 83.7 Å². The average Bonchev–Trinajstić information content (AvgIpc) is 2.82. The quantitative estimate of drug-likeness (QED) is 0.479. The van der Waals surface area contributed by atoms with Gasteiger partial charge >= 0.3 is 0 Å². The molecule has 6 heteroatoms. The first-order chi connectivity index (χ1) is 15.5. The van der Waals surface area contributed by atoms with E-state index in [-0.39, 0.29) is 23.3 Å². The van der Waals surface area contributed by atoms with Crippen LogP contribution in [-0.4, -0.2) is 21.8 Å². The number of ether oxygens (including phenoxy) is 1. The monoisotopic (exact) mass is 427 g/mol. The lowest BCUT2D eigenvalue weighted by molar-refractivity contribution is 0.0651. The van der Waals surface area contributed by atoms with Crippen molar-refractivity contribution < 1.29 is 9.53 Å². The van der Waals surface area contributed by atoms with Crippen molar-refractivity contribution in [2.24, 2.45) is 0 Å². The summed E-state index contributed by atoms with van der Waals surface area (Å²) in [4.78, 5) is 26.2. The Labute approximate surface area is 186 Å². The van der Waals surface area contributed by atoms with E-state index in [0.29, 0.717) is 29.6 Å². The molecule has 1 amide bonds. The predicted octanol–water partition coefficient (Wildman–Crippen LogP) is 4.24. The fraction of sp³-hybridized carbons (Fsp3) is 0.192. The molecule has 4 rings (SSSR count). The van der Waals surface area contributed by atoms with Crippen LogP contribution in [0.1, 0.15) is 35.5 Å². The molecule has 4 aromatic rings. The molecule has 0 atom stereocenters. The van der Waals surface area contributed by atoms with Crippen LogP contribution in [0.2, 0.25) is 0 Å². The SMILES string of the molecule is CC(C)OCc1ccccc1CNC(=O)c1nn(-c2ccccc2)c(=O)c2ccccc12. The largest absolute Gasteiger partial charge is 0.374 e. The summed E-state index contributed by atoms with van der Waals surface area (Å²) in [5.74, 6) is -0.342. The van der Waals surface area contributed by atoms with E-state index in [1.54, 1.807) is 36.4 Å². The molecule has 0 aliphatic rings. The number of para-hydroxylation sites is 1. The summed E-state index contributed by atoms with van der Waals surface area (Å²) in [6.45, 7) is 4.78. The van der Waals surface area contributed by atoms with Crippen molar-refractivity contribution in [3.05, 3.63) is 106 Å². The fourth-order valence-corrected chi connectivity index (χ4v) is 3.49. The minimum atomic E-state index is -0.342. The van der Waals surface area contributed by atoms with Crippen molar-refractivity contribution in [2.75, 3.05) is 0 Å². The first kappa shape index (κ1) is 21.5. The molecule has 32 heavy (non-hydrogen) atoms. The van der Waals surface area contributed by atoms with E-state index in [1.165, 1.54) is 4.68 Å². The highest BCUT2D eigenvalue weighted by Gasteiger charge is 2.17. The van der Waals surface area contributed by atoms with Gasteiger partial charge in [0.05, 0.1) is 23.8 Å². The van der Waals surface area contributed by atoms with E-state index in [4.69, 9.17) is 4.74 Å². The zero-order chi connectivity index (χ0) is 22.5. The van der Waals surface area contributed by atoms with Gasteiger partial charge in [-0.15, -0.1) is 0 Å².